The zero-order chi connectivity index (χ0) is 13.2. The summed E-state index contributed by atoms with van der Waals surface area (Å²) in [5.41, 5.74) is 7.90. The van der Waals surface area contributed by atoms with E-state index in [9.17, 15) is 0 Å². The Balaban J connectivity index is 1.81. The Morgan fingerprint density at radius 3 is 3.16 bits per heavy atom. The molecule has 3 N–H and O–H groups in total. The lowest BCUT2D eigenvalue weighted by Gasteiger charge is -2.10. The van der Waals surface area contributed by atoms with Gasteiger partial charge in [-0.15, -0.1) is 0 Å². The normalized spacial score (nSPS) is 12.9. The highest BCUT2D eigenvalue weighted by Crippen LogP contribution is 2.33. The van der Waals surface area contributed by atoms with Crippen molar-refractivity contribution >= 4 is 27.7 Å². The Morgan fingerprint density at radius 2 is 2.32 bits per heavy atom. The van der Waals surface area contributed by atoms with Crippen LogP contribution in [0.2, 0.25) is 0 Å². The predicted molar refractivity (Wildman–Crippen MR) is 77.1 cm³/mol. The standard InChI is InChI=1S/C13H13BrN4O/c14-10-5-8-2-4-19-12(8)9(6-10)7-17-11-1-3-16-13(15)18-11/h1,3,5-6H,2,4,7H2,(H3,15,16,17,18). The molecule has 0 saturated carbocycles. The third-order valence-electron chi connectivity index (χ3n) is 2.96. The molecule has 2 aromatic rings. The summed E-state index contributed by atoms with van der Waals surface area (Å²) < 4.78 is 6.74. The molecule has 1 aliphatic rings. The number of rotatable bonds is 3. The van der Waals surface area contributed by atoms with E-state index in [4.69, 9.17) is 10.5 Å². The number of aromatic nitrogens is 2. The maximum atomic E-state index is 5.68. The summed E-state index contributed by atoms with van der Waals surface area (Å²) in [5.74, 6) is 1.96. The van der Waals surface area contributed by atoms with Crippen molar-refractivity contribution in [2.75, 3.05) is 17.7 Å². The van der Waals surface area contributed by atoms with Crippen molar-refractivity contribution in [2.24, 2.45) is 0 Å². The first-order chi connectivity index (χ1) is 9.22. The molecule has 3 rings (SSSR count). The van der Waals surface area contributed by atoms with Crippen LogP contribution in [0.1, 0.15) is 11.1 Å². The van der Waals surface area contributed by atoms with Gasteiger partial charge in [0.05, 0.1) is 6.61 Å². The summed E-state index contributed by atoms with van der Waals surface area (Å²) in [6.07, 6.45) is 2.59. The van der Waals surface area contributed by atoms with E-state index in [0.717, 1.165) is 28.8 Å². The second kappa shape index (κ2) is 5.05. The topological polar surface area (TPSA) is 73.1 Å². The minimum absolute atomic E-state index is 0.265. The number of nitrogens with one attached hydrogen (secondary N) is 1. The van der Waals surface area contributed by atoms with E-state index in [1.54, 1.807) is 12.3 Å². The van der Waals surface area contributed by atoms with Gasteiger partial charge >= 0.3 is 0 Å². The maximum Gasteiger partial charge on any atom is 0.221 e. The Kier molecular flexibility index (Phi) is 3.25. The van der Waals surface area contributed by atoms with Gasteiger partial charge < -0.3 is 15.8 Å². The molecule has 0 aliphatic carbocycles. The summed E-state index contributed by atoms with van der Waals surface area (Å²) in [5, 5.41) is 3.23. The van der Waals surface area contributed by atoms with Crippen LogP contribution in [0, 0.1) is 0 Å². The van der Waals surface area contributed by atoms with Crippen molar-refractivity contribution in [3.05, 3.63) is 40.0 Å². The molecule has 5 nitrogen and oxygen atoms in total. The van der Waals surface area contributed by atoms with E-state index >= 15 is 0 Å². The lowest BCUT2D eigenvalue weighted by atomic mass is 10.1. The number of nitrogen functional groups attached to an aromatic ring is 1. The van der Waals surface area contributed by atoms with E-state index in [1.165, 1.54) is 5.56 Å². The molecule has 6 heteroatoms. The summed E-state index contributed by atoms with van der Waals surface area (Å²) >= 11 is 3.52. The minimum Gasteiger partial charge on any atom is -0.493 e. The van der Waals surface area contributed by atoms with Crippen LogP contribution in [0.5, 0.6) is 5.75 Å². The van der Waals surface area contributed by atoms with Crippen LogP contribution >= 0.6 is 15.9 Å². The van der Waals surface area contributed by atoms with Gasteiger partial charge in [0.15, 0.2) is 0 Å². The van der Waals surface area contributed by atoms with Gasteiger partial charge in [0.25, 0.3) is 0 Å². The fourth-order valence-electron chi connectivity index (χ4n) is 2.14. The van der Waals surface area contributed by atoms with Crippen LogP contribution in [0.15, 0.2) is 28.9 Å². The summed E-state index contributed by atoms with van der Waals surface area (Å²) in [6.45, 7) is 1.39. The van der Waals surface area contributed by atoms with E-state index in [2.05, 4.69) is 43.3 Å². The third-order valence-corrected chi connectivity index (χ3v) is 3.42. The van der Waals surface area contributed by atoms with Crippen molar-refractivity contribution in [2.45, 2.75) is 13.0 Å². The number of nitrogens with two attached hydrogens (primary N) is 1. The van der Waals surface area contributed by atoms with Gasteiger partial charge in [-0.3, -0.25) is 0 Å². The summed E-state index contributed by atoms with van der Waals surface area (Å²) in [4.78, 5) is 7.97. The fraction of sp³-hybridized carbons (Fsp3) is 0.231. The molecular weight excluding hydrogens is 308 g/mol. The van der Waals surface area contributed by atoms with Crippen LogP contribution < -0.4 is 15.8 Å². The second-order valence-corrected chi connectivity index (χ2v) is 5.22. The molecule has 0 fully saturated rings. The molecule has 98 valence electrons. The molecule has 19 heavy (non-hydrogen) atoms. The van der Waals surface area contributed by atoms with Gasteiger partial charge in [-0.05, 0) is 23.8 Å². The van der Waals surface area contributed by atoms with Gasteiger partial charge in [0.2, 0.25) is 5.95 Å². The van der Waals surface area contributed by atoms with Crippen LogP contribution in [-0.2, 0) is 13.0 Å². The molecule has 0 amide bonds. The molecule has 2 heterocycles. The molecule has 0 saturated heterocycles. The number of ether oxygens (including phenoxy) is 1. The first kappa shape index (κ1) is 12.2. The number of benzene rings is 1. The third kappa shape index (κ3) is 2.63. The van der Waals surface area contributed by atoms with Gasteiger partial charge in [-0.1, -0.05) is 15.9 Å². The Labute approximate surface area is 119 Å². The largest absolute Gasteiger partial charge is 0.493 e. The summed E-state index contributed by atoms with van der Waals surface area (Å²) in [6, 6.07) is 5.95. The molecule has 0 unspecified atom stereocenters. The zero-order valence-corrected chi connectivity index (χ0v) is 11.8. The Bertz CT molecular complexity index is 618. The van der Waals surface area contributed by atoms with Crippen LogP contribution in [0.4, 0.5) is 11.8 Å². The quantitative estimate of drug-likeness (QED) is 0.908. The van der Waals surface area contributed by atoms with Crippen LogP contribution in [0.3, 0.4) is 0 Å². The fourth-order valence-corrected chi connectivity index (χ4v) is 2.69. The maximum absolute atomic E-state index is 5.68. The van der Waals surface area contributed by atoms with Crippen molar-refractivity contribution in [1.82, 2.24) is 9.97 Å². The average Bonchev–Trinajstić information content (AvgIpc) is 2.84. The molecule has 0 atom stereocenters. The first-order valence-electron chi connectivity index (χ1n) is 5.99. The molecular formula is C13H13BrN4O. The first-order valence-corrected chi connectivity index (χ1v) is 6.78. The highest BCUT2D eigenvalue weighted by atomic mass is 79.9. The van der Waals surface area contributed by atoms with Crippen LogP contribution in [0.25, 0.3) is 0 Å². The summed E-state index contributed by atoms with van der Waals surface area (Å²) in [7, 11) is 0. The van der Waals surface area contributed by atoms with Crippen molar-refractivity contribution in [3.63, 3.8) is 0 Å². The number of halogens is 1. The molecule has 1 aromatic heterocycles. The number of hydrogen-bond acceptors (Lipinski definition) is 5. The average molecular weight is 321 g/mol. The van der Waals surface area contributed by atoms with Crippen molar-refractivity contribution in [3.8, 4) is 5.75 Å². The van der Waals surface area contributed by atoms with Gasteiger partial charge in [-0.25, -0.2) is 4.98 Å². The predicted octanol–water partition coefficient (Wildman–Crippen LogP) is 2.37. The zero-order valence-electron chi connectivity index (χ0n) is 10.2. The number of anilines is 2. The highest BCUT2D eigenvalue weighted by Gasteiger charge is 2.17. The van der Waals surface area contributed by atoms with E-state index in [0.29, 0.717) is 12.4 Å². The molecule has 0 radical (unpaired) electrons. The number of fused-ring (bicyclic) bond motifs is 1. The second-order valence-electron chi connectivity index (χ2n) is 4.31. The SMILES string of the molecule is Nc1nccc(NCc2cc(Br)cc3c2OCC3)n1. The van der Waals surface area contributed by atoms with Crippen molar-refractivity contribution in [1.29, 1.82) is 0 Å². The van der Waals surface area contributed by atoms with E-state index < -0.39 is 0 Å². The lowest BCUT2D eigenvalue weighted by molar-refractivity contribution is 0.354. The number of hydrogen-bond donors (Lipinski definition) is 2. The smallest absolute Gasteiger partial charge is 0.221 e. The van der Waals surface area contributed by atoms with E-state index in [1.807, 2.05) is 0 Å². The minimum atomic E-state index is 0.265. The Morgan fingerprint density at radius 1 is 1.42 bits per heavy atom. The highest BCUT2D eigenvalue weighted by molar-refractivity contribution is 9.10. The van der Waals surface area contributed by atoms with Gasteiger partial charge in [0, 0.05) is 29.2 Å². The molecule has 1 aliphatic heterocycles. The lowest BCUT2D eigenvalue weighted by Crippen LogP contribution is -2.05. The van der Waals surface area contributed by atoms with Crippen molar-refractivity contribution < 1.29 is 4.74 Å². The van der Waals surface area contributed by atoms with Crippen LogP contribution in [-0.4, -0.2) is 16.6 Å². The monoisotopic (exact) mass is 320 g/mol. The molecule has 1 aromatic carbocycles. The molecule has 0 spiro atoms. The van der Waals surface area contributed by atoms with E-state index in [-0.39, 0.29) is 5.95 Å². The van der Waals surface area contributed by atoms with Gasteiger partial charge in [-0.2, -0.15) is 4.98 Å². The molecule has 0 bridgehead atoms. The number of nitrogens with zero attached hydrogens (tertiary/aromatic N) is 2. The van der Waals surface area contributed by atoms with Gasteiger partial charge in [0.1, 0.15) is 11.6 Å². The Hall–Kier alpha value is -1.82.